The minimum absolute atomic E-state index is 0.0158. The molecular formula is C12H19N. The third-order valence-corrected chi connectivity index (χ3v) is 1.32. The van der Waals surface area contributed by atoms with Crippen LogP contribution in [0.3, 0.4) is 0 Å². The highest BCUT2D eigenvalue weighted by Crippen LogP contribution is 2.06. The zero-order chi connectivity index (χ0) is 10.3. The van der Waals surface area contributed by atoms with Crippen LogP contribution in [-0.4, -0.2) is 11.8 Å². The molecule has 0 aromatic carbocycles. The van der Waals surface area contributed by atoms with E-state index in [2.05, 4.69) is 32.3 Å². The van der Waals surface area contributed by atoms with Crippen LogP contribution < -0.4 is 0 Å². The first-order chi connectivity index (χ1) is 5.99. The summed E-state index contributed by atoms with van der Waals surface area (Å²) >= 11 is 0. The third-order valence-electron chi connectivity index (χ3n) is 1.32. The summed E-state index contributed by atoms with van der Waals surface area (Å²) in [6.07, 6.45) is 9.60. The molecule has 0 aliphatic carbocycles. The normalized spacial score (nSPS) is 14.3. The summed E-state index contributed by atoms with van der Waals surface area (Å²) in [5.41, 5.74) is 1.02. The number of allylic oxidation sites excluding steroid dienone is 5. The van der Waals surface area contributed by atoms with Crippen LogP contribution in [0.15, 0.2) is 41.4 Å². The predicted molar refractivity (Wildman–Crippen MR) is 61.3 cm³/mol. The number of hydrogen-bond acceptors (Lipinski definition) is 1. The van der Waals surface area contributed by atoms with Gasteiger partial charge in [0, 0.05) is 6.21 Å². The predicted octanol–water partition coefficient (Wildman–Crippen LogP) is 3.54. The van der Waals surface area contributed by atoms with Gasteiger partial charge in [-0.3, -0.25) is 4.99 Å². The number of hydrogen-bond donors (Lipinski definition) is 0. The molecule has 0 saturated carbocycles. The first-order valence-electron chi connectivity index (χ1n) is 4.50. The molecule has 0 unspecified atom stereocenters. The topological polar surface area (TPSA) is 12.4 Å². The van der Waals surface area contributed by atoms with Crippen molar-refractivity contribution in [3.63, 3.8) is 0 Å². The minimum atomic E-state index is -0.0158. The zero-order valence-corrected chi connectivity index (χ0v) is 9.04. The van der Waals surface area contributed by atoms with E-state index in [1.165, 1.54) is 0 Å². The third kappa shape index (κ3) is 7.26. The smallest absolute Gasteiger partial charge is 0.0524 e. The van der Waals surface area contributed by atoms with Gasteiger partial charge in [0.25, 0.3) is 0 Å². The molecule has 0 rings (SSSR count). The summed E-state index contributed by atoms with van der Waals surface area (Å²) in [5, 5.41) is 0. The van der Waals surface area contributed by atoms with Crippen LogP contribution in [0.2, 0.25) is 0 Å². The molecule has 0 amide bonds. The summed E-state index contributed by atoms with van der Waals surface area (Å²) < 4.78 is 0. The Bertz CT molecular complexity index is 236. The molecular weight excluding hydrogens is 158 g/mol. The molecule has 0 bridgehead atoms. The van der Waals surface area contributed by atoms with Crippen molar-refractivity contribution in [2.75, 3.05) is 0 Å². The first kappa shape index (κ1) is 11.9. The van der Waals surface area contributed by atoms with Gasteiger partial charge in [0.2, 0.25) is 0 Å². The highest BCUT2D eigenvalue weighted by atomic mass is 14.8. The highest BCUT2D eigenvalue weighted by Gasteiger charge is 2.04. The van der Waals surface area contributed by atoms with E-state index in [0.717, 1.165) is 5.57 Å². The Morgan fingerprint density at radius 2 is 1.92 bits per heavy atom. The largest absolute Gasteiger partial charge is 0.287 e. The van der Waals surface area contributed by atoms with Gasteiger partial charge in [0.05, 0.1) is 5.54 Å². The first-order valence-corrected chi connectivity index (χ1v) is 4.50. The van der Waals surface area contributed by atoms with Gasteiger partial charge in [0.15, 0.2) is 0 Å². The summed E-state index contributed by atoms with van der Waals surface area (Å²) in [6.45, 7) is 11.9. The molecule has 0 aromatic rings. The van der Waals surface area contributed by atoms with Crippen molar-refractivity contribution in [2.24, 2.45) is 4.99 Å². The summed E-state index contributed by atoms with van der Waals surface area (Å²) in [6, 6.07) is 0. The fourth-order valence-corrected chi connectivity index (χ4v) is 0.639. The second kappa shape index (κ2) is 5.52. The Kier molecular flexibility index (Phi) is 5.05. The standard InChI is InChI=1S/C12H19N/c1-6-8-9-11(7-2)10-13-12(3,4)5/h6-10H,2H2,1,3-5H3/b8-6-,11-9+,13-10?. The van der Waals surface area contributed by atoms with Crippen molar-refractivity contribution in [1.29, 1.82) is 0 Å². The van der Waals surface area contributed by atoms with Gasteiger partial charge < -0.3 is 0 Å². The highest BCUT2D eigenvalue weighted by molar-refractivity contribution is 5.82. The maximum atomic E-state index is 4.38. The molecule has 0 aromatic heterocycles. The minimum Gasteiger partial charge on any atom is -0.287 e. The van der Waals surface area contributed by atoms with Gasteiger partial charge in [-0.1, -0.05) is 30.9 Å². The Morgan fingerprint density at radius 1 is 1.31 bits per heavy atom. The Labute approximate surface area is 81.6 Å². The molecule has 0 atom stereocenters. The van der Waals surface area contributed by atoms with Crippen molar-refractivity contribution < 1.29 is 0 Å². The maximum absolute atomic E-state index is 4.38. The van der Waals surface area contributed by atoms with Crippen LogP contribution in [0.5, 0.6) is 0 Å². The van der Waals surface area contributed by atoms with Gasteiger partial charge >= 0.3 is 0 Å². The summed E-state index contributed by atoms with van der Waals surface area (Å²) in [4.78, 5) is 4.38. The molecule has 1 nitrogen and oxygen atoms in total. The molecule has 0 saturated heterocycles. The molecule has 0 aliphatic rings. The lowest BCUT2D eigenvalue weighted by Gasteiger charge is -2.10. The lowest BCUT2D eigenvalue weighted by Crippen LogP contribution is -2.09. The quantitative estimate of drug-likeness (QED) is 0.462. The summed E-state index contributed by atoms with van der Waals surface area (Å²) in [5.74, 6) is 0. The van der Waals surface area contributed by atoms with Crippen molar-refractivity contribution in [1.82, 2.24) is 0 Å². The van der Waals surface area contributed by atoms with Crippen LogP contribution >= 0.6 is 0 Å². The molecule has 13 heavy (non-hydrogen) atoms. The van der Waals surface area contributed by atoms with Gasteiger partial charge in [0.1, 0.15) is 0 Å². The Morgan fingerprint density at radius 3 is 2.31 bits per heavy atom. The van der Waals surface area contributed by atoms with Crippen LogP contribution in [0.4, 0.5) is 0 Å². The van der Waals surface area contributed by atoms with E-state index in [1.807, 2.05) is 31.4 Å². The second-order valence-electron chi connectivity index (χ2n) is 3.83. The fourth-order valence-electron chi connectivity index (χ4n) is 0.639. The molecule has 1 heteroatoms. The Balaban J connectivity index is 4.46. The van der Waals surface area contributed by atoms with E-state index in [-0.39, 0.29) is 5.54 Å². The van der Waals surface area contributed by atoms with Crippen molar-refractivity contribution in [3.8, 4) is 0 Å². The lowest BCUT2D eigenvalue weighted by molar-refractivity contribution is 0.586. The van der Waals surface area contributed by atoms with Gasteiger partial charge in [-0.25, -0.2) is 0 Å². The van der Waals surface area contributed by atoms with E-state index in [9.17, 15) is 0 Å². The molecule has 0 heterocycles. The van der Waals surface area contributed by atoms with Crippen molar-refractivity contribution in [2.45, 2.75) is 33.2 Å². The van der Waals surface area contributed by atoms with E-state index in [1.54, 1.807) is 6.08 Å². The van der Waals surface area contributed by atoms with Crippen LogP contribution in [0.1, 0.15) is 27.7 Å². The lowest BCUT2D eigenvalue weighted by atomic mass is 10.1. The molecule has 0 aliphatic heterocycles. The average Bonchev–Trinajstić information content (AvgIpc) is 2.03. The van der Waals surface area contributed by atoms with E-state index >= 15 is 0 Å². The number of nitrogens with zero attached hydrogens (tertiary/aromatic N) is 1. The molecule has 72 valence electrons. The van der Waals surface area contributed by atoms with Crippen LogP contribution in [-0.2, 0) is 0 Å². The van der Waals surface area contributed by atoms with Gasteiger partial charge in [-0.05, 0) is 33.3 Å². The number of aliphatic imine (C=N–C) groups is 1. The second-order valence-corrected chi connectivity index (χ2v) is 3.83. The molecule has 0 N–H and O–H groups in total. The molecule has 0 fully saturated rings. The van der Waals surface area contributed by atoms with Crippen LogP contribution in [0, 0.1) is 0 Å². The SMILES string of the molecule is C=C/C(C=NC(C)(C)C)=C\C=C/C. The van der Waals surface area contributed by atoms with Crippen LogP contribution in [0.25, 0.3) is 0 Å². The molecule has 0 spiro atoms. The Hall–Kier alpha value is -1.11. The van der Waals surface area contributed by atoms with E-state index < -0.39 is 0 Å². The van der Waals surface area contributed by atoms with E-state index in [4.69, 9.17) is 0 Å². The average molecular weight is 177 g/mol. The fraction of sp³-hybridized carbons (Fsp3) is 0.417. The zero-order valence-electron chi connectivity index (χ0n) is 9.04. The van der Waals surface area contributed by atoms with Crippen molar-refractivity contribution in [3.05, 3.63) is 36.5 Å². The van der Waals surface area contributed by atoms with Crippen molar-refractivity contribution >= 4 is 6.21 Å². The van der Waals surface area contributed by atoms with Gasteiger partial charge in [-0.15, -0.1) is 0 Å². The summed E-state index contributed by atoms with van der Waals surface area (Å²) in [7, 11) is 0. The number of rotatable bonds is 3. The van der Waals surface area contributed by atoms with Gasteiger partial charge in [-0.2, -0.15) is 0 Å². The monoisotopic (exact) mass is 177 g/mol. The van der Waals surface area contributed by atoms with E-state index in [0.29, 0.717) is 0 Å². The maximum Gasteiger partial charge on any atom is 0.0524 e. The molecule has 0 radical (unpaired) electrons.